The lowest BCUT2D eigenvalue weighted by atomic mass is 9.97. The molecule has 0 aliphatic heterocycles. The minimum atomic E-state index is -0.0970. The van der Waals surface area contributed by atoms with Gasteiger partial charge in [0.25, 0.3) is 5.56 Å². The molecule has 0 unspecified atom stereocenters. The van der Waals surface area contributed by atoms with E-state index in [4.69, 9.17) is 9.47 Å². The maximum Gasteiger partial charge on any atom is 0.301 e. The summed E-state index contributed by atoms with van der Waals surface area (Å²) in [5.74, 6) is 0.920. The van der Waals surface area contributed by atoms with E-state index >= 15 is 0 Å². The summed E-state index contributed by atoms with van der Waals surface area (Å²) in [6, 6.07) is 0.266. The van der Waals surface area contributed by atoms with Crippen LogP contribution < -0.4 is 15.0 Å². The van der Waals surface area contributed by atoms with Crippen LogP contribution in [0.15, 0.2) is 16.4 Å². The van der Waals surface area contributed by atoms with E-state index in [-0.39, 0.29) is 11.6 Å². The van der Waals surface area contributed by atoms with Gasteiger partial charge in [-0.1, -0.05) is 18.6 Å². The number of nitrogens with zero attached hydrogens (tertiary/aromatic N) is 2. The molecule has 1 rings (SSSR count). The first-order chi connectivity index (χ1) is 10.4. The predicted octanol–water partition coefficient (Wildman–Crippen LogP) is 3.11. The number of rotatable bonds is 8. The Morgan fingerprint density at radius 2 is 1.95 bits per heavy atom. The SMILES string of the molecule is COc1nc(OC)n(C)c(=O)c1CC[C@@H](C)CCC=C(C)C. The fraction of sp³-hybridized carbons (Fsp3) is 0.647. The van der Waals surface area contributed by atoms with E-state index in [0.29, 0.717) is 23.8 Å². The Morgan fingerprint density at radius 1 is 1.27 bits per heavy atom. The summed E-state index contributed by atoms with van der Waals surface area (Å²) in [6.45, 7) is 6.44. The van der Waals surface area contributed by atoms with Gasteiger partial charge < -0.3 is 9.47 Å². The Hall–Kier alpha value is -1.78. The zero-order valence-electron chi connectivity index (χ0n) is 14.6. The van der Waals surface area contributed by atoms with Crippen LogP contribution in [0.25, 0.3) is 0 Å². The molecule has 5 nitrogen and oxygen atoms in total. The first-order valence-electron chi connectivity index (χ1n) is 7.71. The Labute approximate surface area is 133 Å². The summed E-state index contributed by atoms with van der Waals surface area (Å²) in [4.78, 5) is 16.6. The van der Waals surface area contributed by atoms with Crippen LogP contribution in [0.4, 0.5) is 0 Å². The number of hydrogen-bond acceptors (Lipinski definition) is 4. The molecule has 5 heteroatoms. The fourth-order valence-corrected chi connectivity index (χ4v) is 2.37. The second-order valence-electron chi connectivity index (χ2n) is 5.95. The first-order valence-corrected chi connectivity index (χ1v) is 7.71. The van der Waals surface area contributed by atoms with Gasteiger partial charge in [-0.05, 0) is 45.4 Å². The summed E-state index contributed by atoms with van der Waals surface area (Å²) in [5.41, 5.74) is 1.88. The van der Waals surface area contributed by atoms with Crippen molar-refractivity contribution in [1.82, 2.24) is 9.55 Å². The Kier molecular flexibility index (Phi) is 7.15. The van der Waals surface area contributed by atoms with E-state index in [1.165, 1.54) is 24.4 Å². The van der Waals surface area contributed by atoms with Gasteiger partial charge in [0.05, 0.1) is 19.8 Å². The highest BCUT2D eigenvalue weighted by Gasteiger charge is 2.16. The Bertz CT molecular complexity index is 572. The highest BCUT2D eigenvalue weighted by atomic mass is 16.5. The summed E-state index contributed by atoms with van der Waals surface area (Å²) in [6.07, 6.45) is 6.07. The molecule has 0 radical (unpaired) electrons. The zero-order valence-corrected chi connectivity index (χ0v) is 14.6. The molecule has 1 heterocycles. The van der Waals surface area contributed by atoms with Crippen LogP contribution in [0.1, 0.15) is 45.6 Å². The Balaban J connectivity index is 2.79. The van der Waals surface area contributed by atoms with Gasteiger partial charge in [-0.3, -0.25) is 9.36 Å². The lowest BCUT2D eigenvalue weighted by Gasteiger charge is -2.14. The second-order valence-corrected chi connectivity index (χ2v) is 5.95. The number of hydrogen-bond donors (Lipinski definition) is 0. The largest absolute Gasteiger partial charge is 0.481 e. The third-order valence-electron chi connectivity index (χ3n) is 3.78. The number of ether oxygens (including phenoxy) is 2. The molecule has 1 aromatic heterocycles. The first kappa shape index (κ1) is 18.3. The van der Waals surface area contributed by atoms with Crippen molar-refractivity contribution in [2.45, 2.75) is 46.5 Å². The van der Waals surface area contributed by atoms with Crippen LogP contribution in [-0.4, -0.2) is 23.8 Å². The monoisotopic (exact) mass is 308 g/mol. The third kappa shape index (κ3) is 4.90. The minimum Gasteiger partial charge on any atom is -0.481 e. The van der Waals surface area contributed by atoms with Crippen molar-refractivity contribution in [1.29, 1.82) is 0 Å². The molecular formula is C17H28N2O3. The fourth-order valence-electron chi connectivity index (χ4n) is 2.37. The molecule has 1 aromatic rings. The molecule has 22 heavy (non-hydrogen) atoms. The van der Waals surface area contributed by atoms with E-state index in [0.717, 1.165) is 19.3 Å². The molecule has 0 fully saturated rings. The van der Waals surface area contributed by atoms with Crippen molar-refractivity contribution in [3.8, 4) is 11.9 Å². The molecule has 0 amide bonds. The van der Waals surface area contributed by atoms with Crippen molar-refractivity contribution in [3.05, 3.63) is 27.6 Å². The van der Waals surface area contributed by atoms with E-state index in [2.05, 4.69) is 31.8 Å². The minimum absolute atomic E-state index is 0.0970. The Morgan fingerprint density at radius 3 is 2.50 bits per heavy atom. The summed E-state index contributed by atoms with van der Waals surface area (Å²) in [7, 11) is 4.69. The molecular weight excluding hydrogens is 280 g/mol. The van der Waals surface area contributed by atoms with Gasteiger partial charge in [0, 0.05) is 7.05 Å². The van der Waals surface area contributed by atoms with E-state index in [9.17, 15) is 4.79 Å². The van der Waals surface area contributed by atoms with Crippen LogP contribution in [0.2, 0.25) is 0 Å². The standard InChI is InChI=1S/C17H28N2O3/c1-12(2)8-7-9-13(3)10-11-14-15(21-5)18-17(22-6)19(4)16(14)20/h8,13H,7,9-11H2,1-6H3/t13-/m0/s1. The molecule has 0 aromatic carbocycles. The smallest absolute Gasteiger partial charge is 0.301 e. The number of aromatic nitrogens is 2. The van der Waals surface area contributed by atoms with E-state index in [1.54, 1.807) is 7.05 Å². The topological polar surface area (TPSA) is 53.4 Å². The summed E-state index contributed by atoms with van der Waals surface area (Å²) < 4.78 is 11.8. The van der Waals surface area contributed by atoms with Gasteiger partial charge in [-0.2, -0.15) is 4.98 Å². The lowest BCUT2D eigenvalue weighted by molar-refractivity contribution is 0.329. The van der Waals surface area contributed by atoms with E-state index < -0.39 is 0 Å². The molecule has 0 saturated heterocycles. The summed E-state index contributed by atoms with van der Waals surface area (Å²) in [5, 5.41) is 0. The number of allylic oxidation sites excluding steroid dienone is 2. The maximum absolute atomic E-state index is 12.4. The van der Waals surface area contributed by atoms with Gasteiger partial charge in [0.15, 0.2) is 0 Å². The molecule has 0 saturated carbocycles. The lowest BCUT2D eigenvalue weighted by Crippen LogP contribution is -2.25. The highest BCUT2D eigenvalue weighted by molar-refractivity contribution is 5.26. The highest BCUT2D eigenvalue weighted by Crippen LogP contribution is 2.20. The van der Waals surface area contributed by atoms with E-state index in [1.807, 2.05) is 0 Å². The predicted molar refractivity (Wildman–Crippen MR) is 88.7 cm³/mol. The van der Waals surface area contributed by atoms with Gasteiger partial charge in [0.2, 0.25) is 5.88 Å². The molecule has 0 bridgehead atoms. The maximum atomic E-state index is 12.4. The van der Waals surface area contributed by atoms with Gasteiger partial charge in [0.1, 0.15) is 0 Å². The van der Waals surface area contributed by atoms with Crippen LogP contribution >= 0.6 is 0 Å². The summed E-state index contributed by atoms with van der Waals surface area (Å²) >= 11 is 0. The molecule has 0 aliphatic carbocycles. The molecule has 0 spiro atoms. The van der Waals surface area contributed by atoms with Crippen molar-refractivity contribution in [2.75, 3.05) is 14.2 Å². The van der Waals surface area contributed by atoms with Crippen molar-refractivity contribution in [3.63, 3.8) is 0 Å². The second kappa shape index (κ2) is 8.61. The van der Waals surface area contributed by atoms with Crippen molar-refractivity contribution < 1.29 is 9.47 Å². The third-order valence-corrected chi connectivity index (χ3v) is 3.78. The zero-order chi connectivity index (χ0) is 16.7. The molecule has 0 aliphatic rings. The average molecular weight is 308 g/mol. The van der Waals surface area contributed by atoms with Gasteiger partial charge >= 0.3 is 6.01 Å². The van der Waals surface area contributed by atoms with Gasteiger partial charge in [-0.15, -0.1) is 0 Å². The van der Waals surface area contributed by atoms with Crippen molar-refractivity contribution >= 4 is 0 Å². The quantitative estimate of drug-likeness (QED) is 0.692. The van der Waals surface area contributed by atoms with Crippen LogP contribution in [0.5, 0.6) is 11.9 Å². The van der Waals surface area contributed by atoms with Crippen LogP contribution in [0, 0.1) is 5.92 Å². The van der Waals surface area contributed by atoms with Gasteiger partial charge in [-0.25, -0.2) is 0 Å². The van der Waals surface area contributed by atoms with Crippen LogP contribution in [-0.2, 0) is 13.5 Å². The molecule has 124 valence electrons. The van der Waals surface area contributed by atoms with Crippen molar-refractivity contribution in [2.24, 2.45) is 13.0 Å². The average Bonchev–Trinajstić information content (AvgIpc) is 2.48. The molecule has 0 N–H and O–H groups in total. The normalized spacial score (nSPS) is 11.9. The molecule has 1 atom stereocenters. The number of methoxy groups -OCH3 is 2. The van der Waals surface area contributed by atoms with Crippen LogP contribution in [0.3, 0.4) is 0 Å².